The fraction of sp³-hybridized carbons (Fsp3) is 0.353. The highest BCUT2D eigenvalue weighted by Gasteiger charge is 2.24. The first-order valence-corrected chi connectivity index (χ1v) is 10.2. The molecule has 1 aromatic carbocycles. The molecule has 1 aliphatic rings. The maximum absolute atomic E-state index is 12.3. The minimum absolute atomic E-state index is 0.259. The van der Waals surface area contributed by atoms with Crippen molar-refractivity contribution in [2.24, 2.45) is 7.05 Å². The SMILES string of the molecule is Cn1c(CN2CCc3nc(S(C)(=O)=O)[nH]c(=O)c3C2)nc2ccccc21. The van der Waals surface area contributed by atoms with Gasteiger partial charge in [0.1, 0.15) is 5.82 Å². The van der Waals surface area contributed by atoms with Gasteiger partial charge in [-0.2, -0.15) is 0 Å². The zero-order valence-corrected chi connectivity index (χ0v) is 15.4. The van der Waals surface area contributed by atoms with E-state index in [4.69, 9.17) is 0 Å². The largest absolute Gasteiger partial charge is 0.330 e. The number of para-hydroxylation sites is 2. The van der Waals surface area contributed by atoms with Gasteiger partial charge in [0.2, 0.25) is 15.0 Å². The van der Waals surface area contributed by atoms with Crippen LogP contribution < -0.4 is 5.56 Å². The van der Waals surface area contributed by atoms with Gasteiger partial charge in [0.05, 0.1) is 28.8 Å². The lowest BCUT2D eigenvalue weighted by Crippen LogP contribution is -2.36. The zero-order chi connectivity index (χ0) is 18.5. The molecule has 0 saturated carbocycles. The number of nitrogens with zero attached hydrogens (tertiary/aromatic N) is 4. The molecule has 4 rings (SSSR count). The normalized spacial score (nSPS) is 15.3. The monoisotopic (exact) mass is 373 g/mol. The van der Waals surface area contributed by atoms with E-state index < -0.39 is 9.84 Å². The smallest absolute Gasteiger partial charge is 0.256 e. The van der Waals surface area contributed by atoms with E-state index in [9.17, 15) is 13.2 Å². The summed E-state index contributed by atoms with van der Waals surface area (Å²) in [7, 11) is -1.55. The molecule has 0 fully saturated rings. The van der Waals surface area contributed by atoms with Crippen molar-refractivity contribution in [3.05, 3.63) is 51.7 Å². The van der Waals surface area contributed by atoms with Crippen LogP contribution in [0.2, 0.25) is 0 Å². The molecule has 2 aromatic heterocycles. The third-order valence-electron chi connectivity index (χ3n) is 4.72. The summed E-state index contributed by atoms with van der Waals surface area (Å²) in [6.45, 7) is 1.72. The van der Waals surface area contributed by atoms with Gasteiger partial charge in [-0.25, -0.2) is 18.4 Å². The molecular weight excluding hydrogens is 354 g/mol. The van der Waals surface area contributed by atoms with Gasteiger partial charge in [-0.3, -0.25) is 14.7 Å². The molecule has 3 heterocycles. The highest BCUT2D eigenvalue weighted by Crippen LogP contribution is 2.19. The highest BCUT2D eigenvalue weighted by atomic mass is 32.2. The Morgan fingerprint density at radius 3 is 2.73 bits per heavy atom. The second-order valence-corrected chi connectivity index (χ2v) is 8.54. The average molecular weight is 373 g/mol. The second-order valence-electron chi connectivity index (χ2n) is 6.60. The molecule has 0 spiro atoms. The molecule has 0 bridgehead atoms. The number of nitrogens with one attached hydrogen (secondary N) is 1. The second kappa shape index (κ2) is 6.03. The molecule has 136 valence electrons. The van der Waals surface area contributed by atoms with Crippen LogP contribution in [0.25, 0.3) is 11.0 Å². The molecule has 0 aliphatic carbocycles. The maximum Gasteiger partial charge on any atom is 0.256 e. The lowest BCUT2D eigenvalue weighted by molar-refractivity contribution is 0.233. The first kappa shape index (κ1) is 16.9. The number of hydrogen-bond acceptors (Lipinski definition) is 6. The van der Waals surface area contributed by atoms with Crippen LogP contribution in [-0.2, 0) is 36.4 Å². The molecule has 0 saturated heterocycles. The first-order chi connectivity index (χ1) is 12.3. The number of rotatable bonds is 3. The number of imidazole rings is 1. The van der Waals surface area contributed by atoms with Crippen molar-refractivity contribution >= 4 is 20.9 Å². The van der Waals surface area contributed by atoms with Crippen LogP contribution >= 0.6 is 0 Å². The molecule has 0 amide bonds. The van der Waals surface area contributed by atoms with Gasteiger partial charge in [-0.1, -0.05) is 12.1 Å². The summed E-state index contributed by atoms with van der Waals surface area (Å²) in [6.07, 6.45) is 1.57. The third-order valence-corrected chi connectivity index (χ3v) is 5.62. The quantitative estimate of drug-likeness (QED) is 0.676. The van der Waals surface area contributed by atoms with Gasteiger partial charge >= 0.3 is 0 Å². The minimum atomic E-state index is -3.53. The molecule has 26 heavy (non-hydrogen) atoms. The minimum Gasteiger partial charge on any atom is -0.330 e. The predicted molar refractivity (Wildman–Crippen MR) is 96.5 cm³/mol. The number of sulfone groups is 1. The zero-order valence-electron chi connectivity index (χ0n) is 14.6. The Balaban J connectivity index is 1.62. The molecule has 8 nitrogen and oxygen atoms in total. The number of fused-ring (bicyclic) bond motifs is 2. The van der Waals surface area contributed by atoms with Crippen LogP contribution in [0.5, 0.6) is 0 Å². The van der Waals surface area contributed by atoms with Crippen LogP contribution in [0.3, 0.4) is 0 Å². The van der Waals surface area contributed by atoms with Crippen LogP contribution in [-0.4, -0.2) is 45.6 Å². The molecule has 3 aromatic rings. The number of aromatic amines is 1. The Hall–Kier alpha value is -2.52. The Bertz CT molecular complexity index is 1160. The Labute approximate surface area is 150 Å². The fourth-order valence-electron chi connectivity index (χ4n) is 3.31. The fourth-order valence-corrected chi connectivity index (χ4v) is 3.86. The predicted octanol–water partition coefficient (Wildman–Crippen LogP) is 0.618. The summed E-state index contributed by atoms with van der Waals surface area (Å²) >= 11 is 0. The van der Waals surface area contributed by atoms with E-state index in [2.05, 4.69) is 24.4 Å². The van der Waals surface area contributed by atoms with Crippen molar-refractivity contribution < 1.29 is 8.42 Å². The van der Waals surface area contributed by atoms with Gasteiger partial charge in [0.25, 0.3) is 5.56 Å². The van der Waals surface area contributed by atoms with E-state index in [0.717, 1.165) is 23.1 Å². The van der Waals surface area contributed by atoms with E-state index in [1.807, 2.05) is 31.3 Å². The molecular formula is C17H19N5O3S. The van der Waals surface area contributed by atoms with Crippen molar-refractivity contribution in [3.8, 4) is 0 Å². The highest BCUT2D eigenvalue weighted by molar-refractivity contribution is 7.90. The van der Waals surface area contributed by atoms with Crippen LogP contribution in [0.1, 0.15) is 17.1 Å². The molecule has 0 atom stereocenters. The van der Waals surface area contributed by atoms with Crippen LogP contribution in [0.15, 0.2) is 34.2 Å². The summed E-state index contributed by atoms with van der Waals surface area (Å²) in [4.78, 5) is 25.7. The van der Waals surface area contributed by atoms with Crippen molar-refractivity contribution in [1.82, 2.24) is 24.4 Å². The number of hydrogen-bond donors (Lipinski definition) is 1. The average Bonchev–Trinajstić information content (AvgIpc) is 2.91. The van der Waals surface area contributed by atoms with Crippen molar-refractivity contribution in [1.29, 1.82) is 0 Å². The van der Waals surface area contributed by atoms with Crippen molar-refractivity contribution in [3.63, 3.8) is 0 Å². The van der Waals surface area contributed by atoms with Gasteiger partial charge in [-0.15, -0.1) is 0 Å². The van der Waals surface area contributed by atoms with E-state index >= 15 is 0 Å². The van der Waals surface area contributed by atoms with E-state index in [-0.39, 0.29) is 10.7 Å². The summed E-state index contributed by atoms with van der Waals surface area (Å²) in [5, 5.41) is -0.259. The topological polar surface area (TPSA) is 101 Å². The maximum atomic E-state index is 12.3. The van der Waals surface area contributed by atoms with Gasteiger partial charge in [0.15, 0.2) is 0 Å². The van der Waals surface area contributed by atoms with Gasteiger partial charge < -0.3 is 4.57 Å². The van der Waals surface area contributed by atoms with Crippen LogP contribution in [0.4, 0.5) is 0 Å². The molecule has 9 heteroatoms. The number of aryl methyl sites for hydroxylation is 1. The first-order valence-electron chi connectivity index (χ1n) is 8.28. The lowest BCUT2D eigenvalue weighted by atomic mass is 10.1. The number of H-pyrrole nitrogens is 1. The Kier molecular flexibility index (Phi) is 3.92. The van der Waals surface area contributed by atoms with E-state index in [1.165, 1.54) is 0 Å². The van der Waals surface area contributed by atoms with E-state index in [0.29, 0.717) is 37.3 Å². The molecule has 0 unspecified atom stereocenters. The van der Waals surface area contributed by atoms with E-state index in [1.54, 1.807) is 0 Å². The molecule has 1 N–H and O–H groups in total. The summed E-state index contributed by atoms with van der Waals surface area (Å²) in [6, 6.07) is 7.95. The van der Waals surface area contributed by atoms with Crippen LogP contribution in [0, 0.1) is 0 Å². The number of benzene rings is 1. The summed E-state index contributed by atoms with van der Waals surface area (Å²) in [5.74, 6) is 0.923. The molecule has 1 aliphatic heterocycles. The Morgan fingerprint density at radius 2 is 2.00 bits per heavy atom. The third kappa shape index (κ3) is 2.93. The summed E-state index contributed by atoms with van der Waals surface area (Å²) in [5.41, 5.74) is 2.72. The standard InChI is InChI=1S/C17H19N5O3S/c1-21-14-6-4-3-5-13(14)18-15(21)10-22-8-7-12-11(9-22)16(23)20-17(19-12)26(2,24)25/h3-6H,7-10H2,1-2H3,(H,19,20,23). The lowest BCUT2D eigenvalue weighted by Gasteiger charge is -2.27. The molecule has 0 radical (unpaired) electrons. The van der Waals surface area contributed by atoms with Crippen molar-refractivity contribution in [2.45, 2.75) is 24.7 Å². The Morgan fingerprint density at radius 1 is 1.23 bits per heavy atom. The van der Waals surface area contributed by atoms with Crippen molar-refractivity contribution in [2.75, 3.05) is 12.8 Å². The number of aromatic nitrogens is 4. The van der Waals surface area contributed by atoms with Gasteiger partial charge in [0, 0.05) is 32.8 Å². The summed E-state index contributed by atoms with van der Waals surface area (Å²) < 4.78 is 25.3. The van der Waals surface area contributed by atoms with Gasteiger partial charge in [-0.05, 0) is 12.1 Å².